The fraction of sp³-hybridized carbons (Fsp3) is 0.583. The highest BCUT2D eigenvalue weighted by Crippen LogP contribution is 2.21. The Hall–Kier alpha value is -1.03. The molecule has 16 heavy (non-hydrogen) atoms. The topological polar surface area (TPSA) is 37.8 Å². The van der Waals surface area contributed by atoms with E-state index >= 15 is 0 Å². The maximum Gasteiger partial charge on any atom is 0.138 e. The molecule has 1 aromatic rings. The number of thiocarbonyl (C=S) groups is 1. The molecule has 3 nitrogen and oxygen atoms in total. The van der Waals surface area contributed by atoms with Crippen molar-refractivity contribution < 1.29 is 0 Å². The summed E-state index contributed by atoms with van der Waals surface area (Å²) in [6.07, 6.45) is 8.25. The van der Waals surface area contributed by atoms with Gasteiger partial charge in [0.15, 0.2) is 0 Å². The molecule has 1 aliphatic carbocycles. The number of anilines is 1. The van der Waals surface area contributed by atoms with E-state index in [1.54, 1.807) is 11.6 Å². The van der Waals surface area contributed by atoms with E-state index in [0.29, 0.717) is 6.04 Å². The summed E-state index contributed by atoms with van der Waals surface area (Å²) in [5, 5.41) is 5.14. The van der Waals surface area contributed by atoms with E-state index < -0.39 is 0 Å². The molecule has 1 fully saturated rings. The molecular weight excluding hydrogens is 218 g/mol. The molecule has 1 saturated carbocycles. The summed E-state index contributed by atoms with van der Waals surface area (Å²) < 4.78 is 0. The second kappa shape index (κ2) is 5.34. The zero-order valence-electron chi connectivity index (χ0n) is 9.57. The monoisotopic (exact) mass is 235 g/mol. The van der Waals surface area contributed by atoms with Crippen LogP contribution in [0, 0.1) is 6.92 Å². The van der Waals surface area contributed by atoms with Crippen molar-refractivity contribution in [1.29, 1.82) is 0 Å². The molecule has 0 aliphatic heterocycles. The molecule has 1 N–H and O–H groups in total. The second-order valence-corrected chi connectivity index (χ2v) is 4.55. The van der Waals surface area contributed by atoms with Gasteiger partial charge in [-0.1, -0.05) is 31.5 Å². The van der Waals surface area contributed by atoms with Gasteiger partial charge in [-0.3, -0.25) is 0 Å². The maximum absolute atomic E-state index is 4.97. The molecule has 0 saturated heterocycles. The summed E-state index contributed by atoms with van der Waals surface area (Å²) in [5.41, 5.74) is 0.922. The lowest BCUT2D eigenvalue weighted by Crippen LogP contribution is -2.23. The molecule has 0 bridgehead atoms. The maximum atomic E-state index is 4.97. The third-order valence-electron chi connectivity index (χ3n) is 3.01. The van der Waals surface area contributed by atoms with Crippen LogP contribution in [0.3, 0.4) is 0 Å². The molecule has 86 valence electrons. The summed E-state index contributed by atoms with van der Waals surface area (Å²) in [5.74, 6) is 1.69. The predicted molar refractivity (Wildman–Crippen MR) is 70.0 cm³/mol. The first-order chi connectivity index (χ1) is 7.79. The Labute approximate surface area is 102 Å². The van der Waals surface area contributed by atoms with Crippen LogP contribution in [0.1, 0.15) is 43.5 Å². The molecule has 0 spiro atoms. The molecular formula is C12H17N3S. The summed E-state index contributed by atoms with van der Waals surface area (Å²) in [6, 6.07) is 0.553. The number of hydrogen-bond acceptors (Lipinski definition) is 4. The first-order valence-electron chi connectivity index (χ1n) is 5.85. The lowest BCUT2D eigenvalue weighted by atomic mass is 9.95. The lowest BCUT2D eigenvalue weighted by molar-refractivity contribution is 0.461. The molecule has 0 atom stereocenters. The van der Waals surface area contributed by atoms with Crippen molar-refractivity contribution in [2.45, 2.75) is 45.1 Å². The molecule has 1 heterocycles. The molecule has 0 radical (unpaired) electrons. The van der Waals surface area contributed by atoms with Crippen LogP contribution in [0.2, 0.25) is 0 Å². The molecule has 1 aromatic heterocycles. The summed E-state index contributed by atoms with van der Waals surface area (Å²) >= 11 is 4.97. The first kappa shape index (κ1) is 11.5. The second-order valence-electron chi connectivity index (χ2n) is 4.32. The van der Waals surface area contributed by atoms with Crippen molar-refractivity contribution in [3.63, 3.8) is 0 Å². The van der Waals surface area contributed by atoms with Gasteiger partial charge in [-0.25, -0.2) is 9.97 Å². The lowest BCUT2D eigenvalue weighted by Gasteiger charge is -2.24. The average Bonchev–Trinajstić information content (AvgIpc) is 2.31. The summed E-state index contributed by atoms with van der Waals surface area (Å²) in [7, 11) is 0. The average molecular weight is 235 g/mol. The van der Waals surface area contributed by atoms with Crippen molar-refractivity contribution in [3.05, 3.63) is 17.6 Å². The van der Waals surface area contributed by atoms with Crippen LogP contribution in [0.4, 0.5) is 5.82 Å². The van der Waals surface area contributed by atoms with Crippen molar-refractivity contribution >= 4 is 23.4 Å². The van der Waals surface area contributed by atoms with Gasteiger partial charge in [0.1, 0.15) is 11.6 Å². The number of hydrogen-bond donors (Lipinski definition) is 1. The Balaban J connectivity index is 2.12. The van der Waals surface area contributed by atoms with E-state index in [2.05, 4.69) is 15.3 Å². The molecule has 0 amide bonds. The third kappa shape index (κ3) is 2.76. The van der Waals surface area contributed by atoms with Crippen molar-refractivity contribution in [1.82, 2.24) is 9.97 Å². The summed E-state index contributed by atoms with van der Waals surface area (Å²) in [6.45, 7) is 1.90. The fourth-order valence-electron chi connectivity index (χ4n) is 2.12. The Morgan fingerprint density at radius 2 is 2.12 bits per heavy atom. The SMILES string of the molecule is Cc1ncc(C=S)c(NC2CCCCC2)n1. The van der Waals surface area contributed by atoms with Gasteiger partial charge in [-0.05, 0) is 19.8 Å². The van der Waals surface area contributed by atoms with Gasteiger partial charge < -0.3 is 5.32 Å². The minimum atomic E-state index is 0.553. The van der Waals surface area contributed by atoms with Gasteiger partial charge in [0.2, 0.25) is 0 Å². The Morgan fingerprint density at radius 3 is 2.81 bits per heavy atom. The number of nitrogens with one attached hydrogen (secondary N) is 1. The predicted octanol–water partition coefficient (Wildman–Crippen LogP) is 2.88. The molecule has 0 aromatic carbocycles. The van der Waals surface area contributed by atoms with Gasteiger partial charge in [0, 0.05) is 23.2 Å². The molecule has 4 heteroatoms. The van der Waals surface area contributed by atoms with Crippen LogP contribution < -0.4 is 5.32 Å². The number of aromatic nitrogens is 2. The third-order valence-corrected chi connectivity index (χ3v) is 3.26. The van der Waals surface area contributed by atoms with Gasteiger partial charge in [-0.15, -0.1) is 0 Å². The minimum Gasteiger partial charge on any atom is -0.367 e. The largest absolute Gasteiger partial charge is 0.367 e. The Kier molecular flexibility index (Phi) is 3.83. The van der Waals surface area contributed by atoms with Crippen molar-refractivity contribution in [3.8, 4) is 0 Å². The van der Waals surface area contributed by atoms with Crippen molar-refractivity contribution in [2.24, 2.45) is 0 Å². The normalized spacial score (nSPS) is 17.1. The van der Waals surface area contributed by atoms with Crippen molar-refractivity contribution in [2.75, 3.05) is 5.32 Å². The molecule has 2 rings (SSSR count). The number of aryl methyl sites for hydroxylation is 1. The van der Waals surface area contributed by atoms with Crippen LogP contribution in [0.5, 0.6) is 0 Å². The number of rotatable bonds is 3. The first-order valence-corrected chi connectivity index (χ1v) is 6.32. The van der Waals surface area contributed by atoms with E-state index in [-0.39, 0.29) is 0 Å². The van der Waals surface area contributed by atoms with E-state index in [1.165, 1.54) is 32.1 Å². The van der Waals surface area contributed by atoms with Crippen LogP contribution in [-0.2, 0) is 0 Å². The smallest absolute Gasteiger partial charge is 0.138 e. The zero-order valence-corrected chi connectivity index (χ0v) is 10.4. The standard InChI is InChI=1S/C12H17N3S/c1-9-13-7-10(8-16)12(14-9)15-11-5-3-2-4-6-11/h7-8,11H,2-6H2,1H3,(H,13,14,15). The minimum absolute atomic E-state index is 0.553. The van der Waals surface area contributed by atoms with Crippen LogP contribution in [-0.4, -0.2) is 21.4 Å². The van der Waals surface area contributed by atoms with Gasteiger partial charge in [-0.2, -0.15) is 0 Å². The molecule has 0 unspecified atom stereocenters. The van der Waals surface area contributed by atoms with Gasteiger partial charge in [0.25, 0.3) is 0 Å². The van der Waals surface area contributed by atoms with Gasteiger partial charge in [0.05, 0.1) is 0 Å². The number of nitrogens with zero attached hydrogens (tertiary/aromatic N) is 2. The highest BCUT2D eigenvalue weighted by molar-refractivity contribution is 7.79. The molecule has 1 aliphatic rings. The Bertz CT molecular complexity index is 373. The summed E-state index contributed by atoms with van der Waals surface area (Å²) in [4.78, 5) is 8.57. The zero-order chi connectivity index (χ0) is 11.4. The quantitative estimate of drug-likeness (QED) is 0.818. The Morgan fingerprint density at radius 1 is 1.38 bits per heavy atom. The van der Waals surface area contributed by atoms with Gasteiger partial charge >= 0.3 is 0 Å². The van der Waals surface area contributed by atoms with E-state index in [9.17, 15) is 0 Å². The highest BCUT2D eigenvalue weighted by atomic mass is 32.1. The highest BCUT2D eigenvalue weighted by Gasteiger charge is 2.14. The van der Waals surface area contributed by atoms with Crippen LogP contribution in [0.25, 0.3) is 0 Å². The van der Waals surface area contributed by atoms with E-state index in [1.807, 2.05) is 6.92 Å². The van der Waals surface area contributed by atoms with Crippen LogP contribution >= 0.6 is 12.2 Å². The van der Waals surface area contributed by atoms with E-state index in [4.69, 9.17) is 12.2 Å². The van der Waals surface area contributed by atoms with E-state index in [0.717, 1.165) is 17.2 Å². The fourth-order valence-corrected chi connectivity index (χ4v) is 2.29. The van der Waals surface area contributed by atoms with Crippen LogP contribution in [0.15, 0.2) is 6.20 Å².